The minimum Gasteiger partial charge on any atom is -0.302 e. The highest BCUT2D eigenvalue weighted by Gasteiger charge is 2.35. The monoisotopic (exact) mass is 452 g/mol. The number of alkyl halides is 3. The molecule has 0 bridgehead atoms. The number of aryl methyl sites for hydroxylation is 1. The summed E-state index contributed by atoms with van der Waals surface area (Å²) in [6.45, 7) is -0.590. The summed E-state index contributed by atoms with van der Waals surface area (Å²) in [6, 6.07) is 0.674. The van der Waals surface area contributed by atoms with Gasteiger partial charge in [-0.05, 0) is 6.07 Å². The van der Waals surface area contributed by atoms with Crippen molar-refractivity contribution in [2.75, 3.05) is 0 Å². The van der Waals surface area contributed by atoms with E-state index in [0.717, 1.165) is 28.4 Å². The standard InChI is InChI=1S/C14H12ClF3N6O4S/c1-22-6-9(12(25)23(2)13(22)26)29(27,28)19-4-10-20-21-11-8(14(16,17)18)3-7(15)5-24(10)11/h3,5-6,19H,4H2,1-2H3. The van der Waals surface area contributed by atoms with Gasteiger partial charge in [-0.2, -0.15) is 13.2 Å². The van der Waals surface area contributed by atoms with Crippen molar-refractivity contribution >= 4 is 27.3 Å². The Bertz CT molecular complexity index is 1340. The van der Waals surface area contributed by atoms with E-state index >= 15 is 0 Å². The van der Waals surface area contributed by atoms with Crippen LogP contribution in [0.4, 0.5) is 13.2 Å². The van der Waals surface area contributed by atoms with Crippen LogP contribution >= 0.6 is 11.6 Å². The maximum Gasteiger partial charge on any atom is 0.420 e. The molecule has 0 aromatic carbocycles. The zero-order valence-electron chi connectivity index (χ0n) is 14.7. The molecular formula is C14H12ClF3N6O4S. The molecule has 3 aromatic heterocycles. The van der Waals surface area contributed by atoms with Crippen molar-refractivity contribution in [3.63, 3.8) is 0 Å². The molecule has 0 aliphatic carbocycles. The van der Waals surface area contributed by atoms with Gasteiger partial charge in [0.2, 0.25) is 10.0 Å². The fraction of sp³-hybridized carbons (Fsp3) is 0.286. The zero-order valence-corrected chi connectivity index (χ0v) is 16.3. The molecular weight excluding hydrogens is 441 g/mol. The van der Waals surface area contributed by atoms with Crippen molar-refractivity contribution in [2.45, 2.75) is 17.6 Å². The number of fused-ring (bicyclic) bond motifs is 1. The zero-order chi connectivity index (χ0) is 21.7. The van der Waals surface area contributed by atoms with Crippen molar-refractivity contribution in [1.29, 1.82) is 0 Å². The Morgan fingerprint density at radius 1 is 1.17 bits per heavy atom. The average Bonchev–Trinajstić information content (AvgIpc) is 3.02. The van der Waals surface area contributed by atoms with Crippen LogP contribution in [0.25, 0.3) is 5.65 Å². The molecule has 0 aliphatic rings. The molecule has 0 aliphatic heterocycles. The predicted molar refractivity (Wildman–Crippen MR) is 93.9 cm³/mol. The van der Waals surface area contributed by atoms with Gasteiger partial charge in [0.25, 0.3) is 5.56 Å². The van der Waals surface area contributed by atoms with Gasteiger partial charge >= 0.3 is 11.9 Å². The smallest absolute Gasteiger partial charge is 0.302 e. The molecule has 0 radical (unpaired) electrons. The van der Waals surface area contributed by atoms with E-state index in [0.29, 0.717) is 10.6 Å². The van der Waals surface area contributed by atoms with E-state index in [9.17, 15) is 31.2 Å². The molecule has 1 N–H and O–H groups in total. The normalized spacial score (nSPS) is 12.6. The van der Waals surface area contributed by atoms with Crippen LogP contribution in [0, 0.1) is 0 Å². The number of rotatable bonds is 4. The third kappa shape index (κ3) is 3.77. The number of pyridine rings is 1. The van der Waals surface area contributed by atoms with Crippen LogP contribution in [0.15, 0.2) is 32.9 Å². The Labute approximate surface area is 165 Å². The Morgan fingerprint density at radius 2 is 1.83 bits per heavy atom. The number of hydrogen-bond acceptors (Lipinski definition) is 6. The molecule has 156 valence electrons. The molecule has 0 amide bonds. The van der Waals surface area contributed by atoms with Gasteiger partial charge in [0.15, 0.2) is 16.4 Å². The Morgan fingerprint density at radius 3 is 2.45 bits per heavy atom. The van der Waals surface area contributed by atoms with E-state index < -0.39 is 50.1 Å². The summed E-state index contributed by atoms with van der Waals surface area (Å²) in [5.41, 5.74) is -3.49. The fourth-order valence-corrected chi connectivity index (χ4v) is 3.88. The molecule has 0 fully saturated rings. The van der Waals surface area contributed by atoms with Crippen molar-refractivity contribution in [2.24, 2.45) is 14.1 Å². The lowest BCUT2D eigenvalue weighted by molar-refractivity contribution is -0.136. The summed E-state index contributed by atoms with van der Waals surface area (Å²) in [6.07, 6.45) is -2.81. The van der Waals surface area contributed by atoms with Crippen LogP contribution in [0.2, 0.25) is 5.02 Å². The van der Waals surface area contributed by atoms with Gasteiger partial charge in [-0.25, -0.2) is 17.9 Å². The summed E-state index contributed by atoms with van der Waals surface area (Å²) >= 11 is 5.72. The minimum atomic E-state index is -4.75. The van der Waals surface area contributed by atoms with E-state index in [-0.39, 0.29) is 10.8 Å². The molecule has 3 aromatic rings. The number of halogens is 4. The summed E-state index contributed by atoms with van der Waals surface area (Å²) in [7, 11) is -2.06. The van der Waals surface area contributed by atoms with Gasteiger partial charge in [0.05, 0.1) is 11.6 Å². The van der Waals surface area contributed by atoms with E-state index in [2.05, 4.69) is 14.9 Å². The number of hydrogen-bond donors (Lipinski definition) is 1. The van der Waals surface area contributed by atoms with E-state index in [1.807, 2.05) is 0 Å². The van der Waals surface area contributed by atoms with Gasteiger partial charge in [-0.15, -0.1) is 10.2 Å². The lowest BCUT2D eigenvalue weighted by Crippen LogP contribution is -2.41. The van der Waals surface area contributed by atoms with Crippen LogP contribution in [-0.4, -0.2) is 32.2 Å². The number of sulfonamides is 1. The lowest BCUT2D eigenvalue weighted by atomic mass is 10.2. The Balaban J connectivity index is 2.01. The van der Waals surface area contributed by atoms with Crippen LogP contribution in [-0.2, 0) is 36.8 Å². The van der Waals surface area contributed by atoms with E-state index in [1.54, 1.807) is 0 Å². The molecule has 10 nitrogen and oxygen atoms in total. The summed E-state index contributed by atoms with van der Waals surface area (Å²) in [5, 5.41) is 6.75. The average molecular weight is 453 g/mol. The fourth-order valence-electron chi connectivity index (χ4n) is 2.53. The van der Waals surface area contributed by atoms with Gasteiger partial charge in [0.1, 0.15) is 5.56 Å². The topological polar surface area (TPSA) is 120 Å². The minimum absolute atomic E-state index is 0.196. The first-order valence-electron chi connectivity index (χ1n) is 7.69. The quantitative estimate of drug-likeness (QED) is 0.607. The van der Waals surface area contributed by atoms with Crippen LogP contribution < -0.4 is 16.0 Å². The Hall–Kier alpha value is -2.71. The first kappa shape index (κ1) is 21.0. The molecule has 0 spiro atoms. The first-order chi connectivity index (χ1) is 13.3. The second-order valence-electron chi connectivity index (χ2n) is 5.96. The summed E-state index contributed by atoms with van der Waals surface area (Å²) in [4.78, 5) is 23.1. The van der Waals surface area contributed by atoms with Crippen molar-refractivity contribution < 1.29 is 21.6 Å². The highest BCUT2D eigenvalue weighted by Crippen LogP contribution is 2.33. The molecule has 0 saturated heterocycles. The van der Waals surface area contributed by atoms with Crippen LogP contribution in [0.5, 0.6) is 0 Å². The van der Waals surface area contributed by atoms with Gasteiger partial charge < -0.3 is 4.57 Å². The molecule has 15 heteroatoms. The third-order valence-corrected chi connectivity index (χ3v) is 5.56. The summed E-state index contributed by atoms with van der Waals surface area (Å²) in [5.74, 6) is -0.196. The van der Waals surface area contributed by atoms with Crippen molar-refractivity contribution in [1.82, 2.24) is 28.5 Å². The van der Waals surface area contributed by atoms with Crippen LogP contribution in [0.1, 0.15) is 11.4 Å². The van der Waals surface area contributed by atoms with Crippen molar-refractivity contribution in [3.8, 4) is 0 Å². The molecule has 0 saturated carbocycles. The number of nitrogens with one attached hydrogen (secondary N) is 1. The second kappa shape index (κ2) is 6.96. The first-order valence-corrected chi connectivity index (χ1v) is 9.55. The summed E-state index contributed by atoms with van der Waals surface area (Å²) < 4.78 is 68.9. The van der Waals surface area contributed by atoms with E-state index in [4.69, 9.17) is 11.6 Å². The predicted octanol–water partition coefficient (Wildman–Crippen LogP) is 0.277. The lowest BCUT2D eigenvalue weighted by Gasteiger charge is -2.10. The SMILES string of the molecule is Cn1cc(S(=O)(=O)NCc2nnc3c(C(F)(F)F)cc(Cl)cn23)c(=O)n(C)c1=O. The third-order valence-electron chi connectivity index (χ3n) is 3.97. The Kier molecular flexibility index (Phi) is 5.04. The maximum atomic E-state index is 13.1. The highest BCUT2D eigenvalue weighted by molar-refractivity contribution is 7.89. The second-order valence-corrected chi connectivity index (χ2v) is 8.13. The van der Waals surface area contributed by atoms with Gasteiger partial charge in [-0.3, -0.25) is 13.8 Å². The highest BCUT2D eigenvalue weighted by atomic mass is 35.5. The van der Waals surface area contributed by atoms with Crippen molar-refractivity contribution in [3.05, 3.63) is 55.7 Å². The van der Waals surface area contributed by atoms with E-state index in [1.165, 1.54) is 7.05 Å². The van der Waals surface area contributed by atoms with Gasteiger partial charge in [-0.1, -0.05) is 11.6 Å². The van der Waals surface area contributed by atoms with Gasteiger partial charge in [0, 0.05) is 26.5 Å². The number of nitrogens with zero attached hydrogens (tertiary/aromatic N) is 5. The van der Waals surface area contributed by atoms with Crippen LogP contribution in [0.3, 0.4) is 0 Å². The number of aromatic nitrogens is 5. The molecule has 0 atom stereocenters. The molecule has 29 heavy (non-hydrogen) atoms. The molecule has 3 heterocycles. The maximum absolute atomic E-state index is 13.1. The molecule has 3 rings (SSSR count). The molecule has 0 unspecified atom stereocenters. The largest absolute Gasteiger partial charge is 0.420 e.